The molecule has 1 rings (SSSR count). The summed E-state index contributed by atoms with van der Waals surface area (Å²) in [6, 6.07) is 3.79. The average molecular weight is 240 g/mol. The van der Waals surface area contributed by atoms with E-state index in [1.54, 1.807) is 0 Å². The molecule has 0 aromatic heterocycles. The molecule has 90 valence electrons. The van der Waals surface area contributed by atoms with Gasteiger partial charge in [0.05, 0.1) is 16.5 Å². The molecular weight excluding hydrogens is 232 g/mol. The summed E-state index contributed by atoms with van der Waals surface area (Å²) in [4.78, 5) is 29.7. The normalized spacial score (nSPS) is 9.65. The van der Waals surface area contributed by atoms with Crippen molar-refractivity contribution in [2.45, 2.75) is 6.42 Å². The molecule has 17 heavy (non-hydrogen) atoms. The van der Waals surface area contributed by atoms with E-state index in [9.17, 15) is 25.0 Å². The Labute approximate surface area is 95.1 Å². The highest BCUT2D eigenvalue weighted by Gasteiger charge is 2.27. The maximum absolute atomic E-state index is 10.8. The minimum absolute atomic E-state index is 0.0523. The van der Waals surface area contributed by atoms with Gasteiger partial charge in [-0.2, -0.15) is 0 Å². The summed E-state index contributed by atoms with van der Waals surface area (Å²) in [7, 11) is 0. The van der Waals surface area contributed by atoms with Gasteiger partial charge in [-0.15, -0.1) is 0 Å². The molecule has 0 fully saturated rings. The molecule has 0 spiro atoms. The molecule has 0 atom stereocenters. The molecule has 1 aromatic rings. The Morgan fingerprint density at radius 1 is 1.24 bits per heavy atom. The van der Waals surface area contributed by atoms with Gasteiger partial charge < -0.3 is 4.74 Å². The monoisotopic (exact) mass is 240 g/mol. The highest BCUT2D eigenvalue weighted by atomic mass is 16.6. The number of hydrogen-bond acceptors (Lipinski definition) is 6. The average Bonchev–Trinajstić information content (AvgIpc) is 2.28. The predicted molar refractivity (Wildman–Crippen MR) is 55.5 cm³/mol. The van der Waals surface area contributed by atoms with Gasteiger partial charge >= 0.3 is 11.4 Å². The van der Waals surface area contributed by atoms with Gasteiger partial charge in [0.15, 0.2) is 0 Å². The van der Waals surface area contributed by atoms with E-state index in [2.05, 4.69) is 4.74 Å². The van der Waals surface area contributed by atoms with Crippen LogP contribution in [0, 0.1) is 20.2 Å². The van der Waals surface area contributed by atoms with Crippen molar-refractivity contribution >= 4 is 17.8 Å². The van der Waals surface area contributed by atoms with Crippen LogP contribution in [-0.4, -0.2) is 22.9 Å². The molecule has 8 nitrogen and oxygen atoms in total. The largest absolute Gasteiger partial charge is 0.468 e. The summed E-state index contributed by atoms with van der Waals surface area (Å²) in [5.41, 5.74) is -0.975. The third-order valence-electron chi connectivity index (χ3n) is 2.03. The van der Waals surface area contributed by atoms with E-state index in [4.69, 9.17) is 0 Å². The molecule has 0 aliphatic heterocycles. The first-order valence-electron chi connectivity index (χ1n) is 4.54. The number of nitrogens with zero attached hydrogens (tertiary/aromatic N) is 2. The van der Waals surface area contributed by atoms with Gasteiger partial charge in [-0.3, -0.25) is 25.0 Å². The van der Waals surface area contributed by atoms with E-state index >= 15 is 0 Å². The van der Waals surface area contributed by atoms with Crippen LogP contribution in [0.25, 0.3) is 0 Å². The first-order valence-corrected chi connectivity index (χ1v) is 4.54. The summed E-state index contributed by atoms with van der Waals surface area (Å²) in [6.07, 6.45) is 0.0523. The van der Waals surface area contributed by atoms with Crippen molar-refractivity contribution in [2.24, 2.45) is 0 Å². The van der Waals surface area contributed by atoms with E-state index in [1.165, 1.54) is 12.1 Å². The summed E-state index contributed by atoms with van der Waals surface area (Å²) in [5, 5.41) is 21.4. The number of nitro benzene ring substituents is 2. The van der Waals surface area contributed by atoms with Crippen LogP contribution in [0.5, 0.6) is 0 Å². The lowest BCUT2D eigenvalue weighted by molar-refractivity contribution is -0.423. The van der Waals surface area contributed by atoms with E-state index in [1.807, 2.05) is 0 Å². The van der Waals surface area contributed by atoms with Crippen LogP contribution < -0.4 is 0 Å². The Kier molecular flexibility index (Phi) is 4.09. The number of rotatable bonds is 6. The zero-order chi connectivity index (χ0) is 12.8. The zero-order valence-electron chi connectivity index (χ0n) is 8.57. The summed E-state index contributed by atoms with van der Waals surface area (Å²) in [5.74, 6) is 0. The summed E-state index contributed by atoms with van der Waals surface area (Å²) < 4.78 is 4.40. The molecule has 0 aliphatic rings. The molecule has 0 unspecified atom stereocenters. The second-order valence-electron chi connectivity index (χ2n) is 3.02. The number of ether oxygens (including phenoxy) is 1. The second-order valence-corrected chi connectivity index (χ2v) is 3.02. The standard InChI is InChI=1S/C9H8N2O6/c12-6-17-5-4-7-2-1-3-8(10(13)14)9(7)11(15)16/h1-3,6H,4-5H2. The molecule has 0 radical (unpaired) electrons. The van der Waals surface area contributed by atoms with Crippen molar-refractivity contribution < 1.29 is 19.4 Å². The van der Waals surface area contributed by atoms with Crippen LogP contribution in [0.4, 0.5) is 11.4 Å². The van der Waals surface area contributed by atoms with Gasteiger partial charge in [-0.05, 0) is 0 Å². The summed E-state index contributed by atoms with van der Waals surface area (Å²) >= 11 is 0. The number of benzene rings is 1. The smallest absolute Gasteiger partial charge is 0.349 e. The molecule has 8 heteroatoms. The maximum Gasteiger partial charge on any atom is 0.349 e. The van der Waals surface area contributed by atoms with Crippen molar-refractivity contribution in [3.05, 3.63) is 44.0 Å². The second kappa shape index (κ2) is 5.54. The van der Waals surface area contributed by atoms with Gasteiger partial charge in [0.25, 0.3) is 6.47 Å². The fourth-order valence-electron chi connectivity index (χ4n) is 1.35. The zero-order valence-corrected chi connectivity index (χ0v) is 8.57. The highest BCUT2D eigenvalue weighted by Crippen LogP contribution is 2.30. The topological polar surface area (TPSA) is 113 Å². The molecule has 0 aliphatic carbocycles. The Hall–Kier alpha value is -2.51. The minimum Gasteiger partial charge on any atom is -0.468 e. The molecule has 0 saturated carbocycles. The van der Waals surface area contributed by atoms with Gasteiger partial charge in [-0.1, -0.05) is 12.1 Å². The molecule has 0 saturated heterocycles. The maximum atomic E-state index is 10.8. The Bertz CT molecular complexity index is 459. The Morgan fingerprint density at radius 3 is 2.47 bits per heavy atom. The van der Waals surface area contributed by atoms with Crippen LogP contribution >= 0.6 is 0 Å². The van der Waals surface area contributed by atoms with Crippen LogP contribution in [0.2, 0.25) is 0 Å². The Morgan fingerprint density at radius 2 is 1.94 bits per heavy atom. The molecule has 1 aromatic carbocycles. The molecule has 0 amide bonds. The summed E-state index contributed by atoms with van der Waals surface area (Å²) in [6.45, 7) is 0.148. The lowest BCUT2D eigenvalue weighted by Crippen LogP contribution is -2.04. The van der Waals surface area contributed by atoms with E-state index in [0.29, 0.717) is 0 Å². The quantitative estimate of drug-likeness (QED) is 0.319. The van der Waals surface area contributed by atoms with Gasteiger partial charge in [-0.25, -0.2) is 0 Å². The highest BCUT2D eigenvalue weighted by molar-refractivity contribution is 5.57. The minimum atomic E-state index is -0.817. The molecule has 0 heterocycles. The van der Waals surface area contributed by atoms with Gasteiger partial charge in [0, 0.05) is 18.1 Å². The van der Waals surface area contributed by atoms with Crippen LogP contribution in [-0.2, 0) is 16.0 Å². The van der Waals surface area contributed by atoms with Crippen LogP contribution in [0.1, 0.15) is 5.56 Å². The van der Waals surface area contributed by atoms with Crippen molar-refractivity contribution in [3.8, 4) is 0 Å². The lowest BCUT2D eigenvalue weighted by atomic mass is 10.1. The fourth-order valence-corrected chi connectivity index (χ4v) is 1.35. The van der Waals surface area contributed by atoms with E-state index in [-0.39, 0.29) is 25.1 Å². The van der Waals surface area contributed by atoms with E-state index < -0.39 is 21.2 Å². The van der Waals surface area contributed by atoms with Crippen LogP contribution in [0.15, 0.2) is 18.2 Å². The number of nitro groups is 2. The van der Waals surface area contributed by atoms with Crippen LogP contribution in [0.3, 0.4) is 0 Å². The first-order chi connectivity index (χ1) is 8.07. The third kappa shape index (κ3) is 2.97. The van der Waals surface area contributed by atoms with Crippen molar-refractivity contribution in [2.75, 3.05) is 6.61 Å². The lowest BCUT2D eigenvalue weighted by Gasteiger charge is -2.02. The van der Waals surface area contributed by atoms with Gasteiger partial charge in [0.1, 0.15) is 0 Å². The van der Waals surface area contributed by atoms with E-state index in [0.717, 1.165) is 6.07 Å². The molecule has 0 N–H and O–H groups in total. The van der Waals surface area contributed by atoms with Gasteiger partial charge in [0.2, 0.25) is 0 Å². The third-order valence-corrected chi connectivity index (χ3v) is 2.03. The van der Waals surface area contributed by atoms with Crippen molar-refractivity contribution in [3.63, 3.8) is 0 Å². The number of para-hydroxylation sites is 1. The van der Waals surface area contributed by atoms with Crippen molar-refractivity contribution in [1.82, 2.24) is 0 Å². The fraction of sp³-hybridized carbons (Fsp3) is 0.222. The first kappa shape index (κ1) is 12.6. The van der Waals surface area contributed by atoms with Crippen molar-refractivity contribution in [1.29, 1.82) is 0 Å². The Balaban J connectivity index is 3.11. The molecule has 0 bridgehead atoms. The molecular formula is C9H8N2O6. The SMILES string of the molecule is O=COCCc1cccc([N+](=O)[O-])c1[N+](=O)[O-]. The number of carbonyl (C=O) groups is 1. The number of carbonyl (C=O) groups excluding carboxylic acids is 1. The number of hydrogen-bond donors (Lipinski definition) is 0. The predicted octanol–water partition coefficient (Wildman–Crippen LogP) is 1.22.